The minimum absolute atomic E-state index is 0.136. The highest BCUT2D eigenvalue weighted by Crippen LogP contribution is 2.38. The number of aromatic nitrogens is 1. The van der Waals surface area contributed by atoms with Crippen LogP contribution in [0.3, 0.4) is 0 Å². The van der Waals surface area contributed by atoms with Crippen LogP contribution in [0.1, 0.15) is 5.56 Å². The van der Waals surface area contributed by atoms with Gasteiger partial charge in [0.2, 0.25) is 0 Å². The van der Waals surface area contributed by atoms with Gasteiger partial charge >= 0.3 is 0 Å². The Labute approximate surface area is 108 Å². The Morgan fingerprint density at radius 1 is 1.00 bits per heavy atom. The number of nitrogens with zero attached hydrogens (tertiary/aromatic N) is 1. The Bertz CT molecular complexity index is 716. The number of benzene rings is 2. The molecule has 0 aliphatic carbocycles. The van der Waals surface area contributed by atoms with Gasteiger partial charge in [0.05, 0.1) is 4.70 Å². The lowest BCUT2D eigenvalue weighted by atomic mass is 10.2. The van der Waals surface area contributed by atoms with E-state index in [1.165, 1.54) is 23.0 Å². The first-order valence-electron chi connectivity index (χ1n) is 5.53. The quantitative estimate of drug-likeness (QED) is 0.654. The monoisotopic (exact) mass is 257 g/mol. The topological polar surface area (TPSA) is 53.4 Å². The largest absolute Gasteiger partial charge is 0.504 e. The van der Waals surface area contributed by atoms with E-state index >= 15 is 0 Å². The van der Waals surface area contributed by atoms with Gasteiger partial charge in [0, 0.05) is 5.56 Å². The predicted octanol–water partition coefficient (Wildman–Crippen LogP) is 3.68. The van der Waals surface area contributed by atoms with Gasteiger partial charge in [0.1, 0.15) is 10.5 Å². The van der Waals surface area contributed by atoms with Crippen LogP contribution in [0, 0.1) is 6.92 Å². The van der Waals surface area contributed by atoms with Gasteiger partial charge in [0.15, 0.2) is 11.5 Å². The summed E-state index contributed by atoms with van der Waals surface area (Å²) in [6, 6.07) is 11.3. The van der Waals surface area contributed by atoms with Crippen LogP contribution < -0.4 is 0 Å². The summed E-state index contributed by atoms with van der Waals surface area (Å²) in [5.41, 5.74) is 2.66. The molecule has 18 heavy (non-hydrogen) atoms. The highest BCUT2D eigenvalue weighted by molar-refractivity contribution is 7.21. The molecule has 0 bridgehead atoms. The molecule has 3 rings (SSSR count). The van der Waals surface area contributed by atoms with Gasteiger partial charge in [-0.1, -0.05) is 29.8 Å². The molecule has 1 aromatic heterocycles. The number of aromatic hydroxyl groups is 2. The predicted molar refractivity (Wildman–Crippen MR) is 73.1 cm³/mol. The summed E-state index contributed by atoms with van der Waals surface area (Å²) in [5.74, 6) is -0.287. The third-order valence-corrected chi connectivity index (χ3v) is 3.88. The first kappa shape index (κ1) is 11.0. The van der Waals surface area contributed by atoms with Crippen molar-refractivity contribution in [3.63, 3.8) is 0 Å². The van der Waals surface area contributed by atoms with Crippen molar-refractivity contribution in [1.82, 2.24) is 4.98 Å². The lowest BCUT2D eigenvalue weighted by Crippen LogP contribution is -1.77. The SMILES string of the molecule is Cc1ccc(-c2nc3c(O)c(O)ccc3s2)cc1. The van der Waals surface area contributed by atoms with Crippen LogP contribution in [0.5, 0.6) is 11.5 Å². The Morgan fingerprint density at radius 3 is 2.44 bits per heavy atom. The Hall–Kier alpha value is -2.07. The zero-order valence-electron chi connectivity index (χ0n) is 9.71. The molecule has 2 aromatic carbocycles. The summed E-state index contributed by atoms with van der Waals surface area (Å²) in [5, 5.41) is 20.0. The maximum atomic E-state index is 9.76. The number of phenols is 2. The molecule has 0 fully saturated rings. The summed E-state index contributed by atoms with van der Waals surface area (Å²) in [6.45, 7) is 2.03. The van der Waals surface area contributed by atoms with Crippen LogP contribution in [-0.2, 0) is 0 Å². The maximum absolute atomic E-state index is 9.76. The molecule has 90 valence electrons. The molecule has 3 aromatic rings. The van der Waals surface area contributed by atoms with Crippen LogP contribution in [0.25, 0.3) is 20.8 Å². The van der Waals surface area contributed by atoms with E-state index in [-0.39, 0.29) is 11.5 Å². The fourth-order valence-electron chi connectivity index (χ4n) is 1.79. The number of hydrogen-bond acceptors (Lipinski definition) is 4. The van der Waals surface area contributed by atoms with Crippen molar-refractivity contribution in [3.8, 4) is 22.1 Å². The van der Waals surface area contributed by atoms with Crippen LogP contribution in [0.2, 0.25) is 0 Å². The zero-order valence-corrected chi connectivity index (χ0v) is 10.5. The van der Waals surface area contributed by atoms with Gasteiger partial charge in [-0.2, -0.15) is 0 Å². The van der Waals surface area contributed by atoms with Crippen molar-refractivity contribution in [1.29, 1.82) is 0 Å². The molecular weight excluding hydrogens is 246 g/mol. The van der Waals surface area contributed by atoms with E-state index in [0.717, 1.165) is 15.3 Å². The van der Waals surface area contributed by atoms with Crippen molar-refractivity contribution < 1.29 is 10.2 Å². The van der Waals surface area contributed by atoms with Gasteiger partial charge in [-0.05, 0) is 19.1 Å². The Kier molecular flexibility index (Phi) is 2.45. The number of hydrogen-bond donors (Lipinski definition) is 2. The fraction of sp³-hybridized carbons (Fsp3) is 0.0714. The molecule has 0 atom stereocenters. The van der Waals surface area contributed by atoms with E-state index in [1.807, 2.05) is 31.2 Å². The summed E-state index contributed by atoms with van der Waals surface area (Å²) in [4.78, 5) is 4.38. The van der Waals surface area contributed by atoms with Crippen LogP contribution in [0.4, 0.5) is 0 Å². The molecule has 0 aliphatic heterocycles. The summed E-state index contributed by atoms with van der Waals surface area (Å²) in [7, 11) is 0. The number of phenolic OH excluding ortho intramolecular Hbond substituents is 2. The number of fused-ring (bicyclic) bond motifs is 1. The van der Waals surface area contributed by atoms with E-state index < -0.39 is 0 Å². The number of aryl methyl sites for hydroxylation is 1. The van der Waals surface area contributed by atoms with E-state index in [1.54, 1.807) is 6.07 Å². The molecular formula is C14H11NO2S. The highest BCUT2D eigenvalue weighted by atomic mass is 32.1. The van der Waals surface area contributed by atoms with E-state index in [4.69, 9.17) is 0 Å². The average molecular weight is 257 g/mol. The number of thiazole rings is 1. The first-order chi connectivity index (χ1) is 8.65. The van der Waals surface area contributed by atoms with E-state index in [0.29, 0.717) is 5.52 Å². The van der Waals surface area contributed by atoms with E-state index in [9.17, 15) is 10.2 Å². The summed E-state index contributed by atoms with van der Waals surface area (Å²) >= 11 is 1.50. The lowest BCUT2D eigenvalue weighted by Gasteiger charge is -1.96. The second-order valence-corrected chi connectivity index (χ2v) is 5.20. The summed E-state index contributed by atoms with van der Waals surface area (Å²) in [6.07, 6.45) is 0. The van der Waals surface area contributed by atoms with Gasteiger partial charge in [-0.15, -0.1) is 11.3 Å². The Morgan fingerprint density at radius 2 is 1.72 bits per heavy atom. The molecule has 0 saturated heterocycles. The van der Waals surface area contributed by atoms with Crippen LogP contribution in [0.15, 0.2) is 36.4 Å². The molecule has 2 N–H and O–H groups in total. The van der Waals surface area contributed by atoms with Gasteiger partial charge < -0.3 is 10.2 Å². The minimum atomic E-state index is -0.151. The molecule has 3 nitrogen and oxygen atoms in total. The second kappa shape index (κ2) is 3.99. The molecule has 1 heterocycles. The number of rotatable bonds is 1. The molecule has 0 radical (unpaired) electrons. The van der Waals surface area contributed by atoms with Crippen molar-refractivity contribution in [3.05, 3.63) is 42.0 Å². The highest BCUT2D eigenvalue weighted by Gasteiger charge is 2.12. The minimum Gasteiger partial charge on any atom is -0.504 e. The standard InChI is InChI=1S/C14H11NO2S/c1-8-2-4-9(5-3-8)14-15-12-11(18-14)7-6-10(16)13(12)17/h2-7,16-17H,1H3. The van der Waals surface area contributed by atoms with Crippen molar-refractivity contribution >= 4 is 21.6 Å². The normalized spacial score (nSPS) is 10.9. The van der Waals surface area contributed by atoms with E-state index in [2.05, 4.69) is 4.98 Å². The van der Waals surface area contributed by atoms with Crippen molar-refractivity contribution in [2.24, 2.45) is 0 Å². The van der Waals surface area contributed by atoms with Crippen molar-refractivity contribution in [2.45, 2.75) is 6.92 Å². The summed E-state index contributed by atoms with van der Waals surface area (Å²) < 4.78 is 0.862. The fourth-order valence-corrected chi connectivity index (χ4v) is 2.76. The third-order valence-electron chi connectivity index (χ3n) is 2.81. The van der Waals surface area contributed by atoms with Gasteiger partial charge in [0.25, 0.3) is 0 Å². The second-order valence-electron chi connectivity index (χ2n) is 4.17. The lowest BCUT2D eigenvalue weighted by molar-refractivity contribution is 0.407. The Balaban J connectivity index is 2.19. The third kappa shape index (κ3) is 1.71. The average Bonchev–Trinajstić information content (AvgIpc) is 2.80. The molecule has 0 aliphatic rings. The molecule has 4 heteroatoms. The van der Waals surface area contributed by atoms with Crippen molar-refractivity contribution in [2.75, 3.05) is 0 Å². The molecule has 0 saturated carbocycles. The molecule has 0 spiro atoms. The molecule has 0 amide bonds. The zero-order chi connectivity index (χ0) is 12.7. The maximum Gasteiger partial charge on any atom is 0.185 e. The van der Waals surface area contributed by atoms with Gasteiger partial charge in [-0.25, -0.2) is 4.98 Å². The van der Waals surface area contributed by atoms with Gasteiger partial charge in [-0.3, -0.25) is 0 Å². The van der Waals surface area contributed by atoms with Crippen LogP contribution in [-0.4, -0.2) is 15.2 Å². The first-order valence-corrected chi connectivity index (χ1v) is 6.35. The molecule has 0 unspecified atom stereocenters. The van der Waals surface area contributed by atoms with Crippen LogP contribution >= 0.6 is 11.3 Å². The smallest absolute Gasteiger partial charge is 0.185 e.